The van der Waals surface area contributed by atoms with Crippen LogP contribution in [0.15, 0.2) is 0 Å². The third-order valence-corrected chi connectivity index (χ3v) is 2.24. The molecule has 1 aliphatic rings. The average Bonchev–Trinajstić information content (AvgIpc) is 2.16. The molecule has 1 saturated carbocycles. The van der Waals surface area contributed by atoms with Crippen molar-refractivity contribution in [2.75, 3.05) is 14.2 Å². The van der Waals surface area contributed by atoms with Crippen molar-refractivity contribution in [1.82, 2.24) is 0 Å². The summed E-state index contributed by atoms with van der Waals surface area (Å²) in [6, 6.07) is 0. The maximum Gasteiger partial charge on any atom is 0.639 e. The molecule has 0 saturated heterocycles. The van der Waals surface area contributed by atoms with E-state index in [4.69, 9.17) is 14.0 Å². The van der Waals surface area contributed by atoms with E-state index in [1.54, 1.807) is 14.2 Å². The van der Waals surface area contributed by atoms with Gasteiger partial charge in [-0.2, -0.15) is 0 Å². The summed E-state index contributed by atoms with van der Waals surface area (Å²) in [4.78, 5) is 0. The zero-order valence-corrected chi connectivity index (χ0v) is 7.91. The summed E-state index contributed by atoms with van der Waals surface area (Å²) in [7, 11) is 2.71. The molecule has 0 bridgehead atoms. The highest BCUT2D eigenvalue weighted by molar-refractivity contribution is 6.36. The van der Waals surface area contributed by atoms with E-state index in [0.717, 1.165) is 12.8 Å². The molecule has 70 valence electrons. The van der Waals surface area contributed by atoms with Crippen LogP contribution in [0.3, 0.4) is 0 Å². The summed E-state index contributed by atoms with van der Waals surface area (Å²) in [5, 5.41) is 0. The van der Waals surface area contributed by atoms with E-state index in [1.165, 1.54) is 19.3 Å². The molecule has 0 aliphatic heterocycles. The first-order chi connectivity index (χ1) is 5.86. The molecule has 3 nitrogen and oxygen atoms in total. The molecule has 1 aliphatic carbocycles. The Kier molecular flexibility index (Phi) is 4.65. The molecule has 0 aromatic rings. The Balaban J connectivity index is 2.18. The second kappa shape index (κ2) is 5.57. The lowest BCUT2D eigenvalue weighted by Crippen LogP contribution is -2.31. The maximum atomic E-state index is 5.55. The van der Waals surface area contributed by atoms with Crippen LogP contribution in [0.2, 0.25) is 0 Å². The molecule has 12 heavy (non-hydrogen) atoms. The third kappa shape index (κ3) is 3.13. The molecule has 0 amide bonds. The van der Waals surface area contributed by atoms with Crippen LogP contribution in [0, 0.1) is 0 Å². The number of hydrogen-bond acceptors (Lipinski definition) is 3. The highest BCUT2D eigenvalue weighted by Crippen LogP contribution is 2.20. The zero-order valence-electron chi connectivity index (χ0n) is 7.91. The van der Waals surface area contributed by atoms with Gasteiger partial charge in [0.2, 0.25) is 0 Å². The van der Waals surface area contributed by atoms with Crippen LogP contribution in [0.25, 0.3) is 0 Å². The largest absolute Gasteiger partial charge is 0.639 e. The minimum Gasteiger partial charge on any atom is -0.389 e. The van der Waals surface area contributed by atoms with Crippen LogP contribution in [-0.2, 0) is 14.0 Å². The van der Waals surface area contributed by atoms with Crippen molar-refractivity contribution in [1.29, 1.82) is 0 Å². The van der Waals surface area contributed by atoms with Gasteiger partial charge in [-0.05, 0) is 12.8 Å². The highest BCUT2D eigenvalue weighted by atomic mass is 16.7. The monoisotopic (exact) mass is 172 g/mol. The van der Waals surface area contributed by atoms with E-state index in [9.17, 15) is 0 Å². The first-order valence-corrected chi connectivity index (χ1v) is 4.58. The molecule has 0 heterocycles. The van der Waals surface area contributed by atoms with E-state index in [0.29, 0.717) is 6.10 Å². The van der Waals surface area contributed by atoms with Gasteiger partial charge in [0.15, 0.2) is 0 Å². The Labute approximate surface area is 74.6 Å². The van der Waals surface area contributed by atoms with Crippen molar-refractivity contribution in [3.8, 4) is 0 Å². The van der Waals surface area contributed by atoms with Crippen LogP contribution in [0.5, 0.6) is 0 Å². The van der Waals surface area contributed by atoms with Gasteiger partial charge in [0.1, 0.15) is 0 Å². The highest BCUT2D eigenvalue weighted by Gasteiger charge is 2.24. The molecule has 0 aromatic carbocycles. The van der Waals surface area contributed by atoms with Crippen LogP contribution >= 0.6 is 0 Å². The van der Waals surface area contributed by atoms with Crippen molar-refractivity contribution < 1.29 is 14.0 Å². The standard InChI is InChI=1S/C8H17BO3/c1-10-9(11-2)12-8-6-4-3-5-7-8/h8H,3-7H2,1-2H3. The Hall–Kier alpha value is -0.0551. The van der Waals surface area contributed by atoms with E-state index < -0.39 is 7.32 Å². The maximum absolute atomic E-state index is 5.55. The van der Waals surface area contributed by atoms with Crippen molar-refractivity contribution in [2.24, 2.45) is 0 Å². The zero-order chi connectivity index (χ0) is 8.81. The van der Waals surface area contributed by atoms with Gasteiger partial charge in [-0.25, -0.2) is 0 Å². The molecule has 4 heteroatoms. The predicted molar refractivity (Wildman–Crippen MR) is 47.7 cm³/mol. The van der Waals surface area contributed by atoms with Crippen molar-refractivity contribution >= 4 is 7.32 Å². The molecule has 1 fully saturated rings. The molecule has 0 N–H and O–H groups in total. The Morgan fingerprint density at radius 2 is 1.58 bits per heavy atom. The van der Waals surface area contributed by atoms with E-state index >= 15 is 0 Å². The first kappa shape index (κ1) is 10.0. The van der Waals surface area contributed by atoms with Crippen molar-refractivity contribution in [3.05, 3.63) is 0 Å². The summed E-state index contributed by atoms with van der Waals surface area (Å²) in [6.07, 6.45) is 6.50. The fraction of sp³-hybridized carbons (Fsp3) is 1.00. The summed E-state index contributed by atoms with van der Waals surface area (Å²) in [6.45, 7) is 0. The van der Waals surface area contributed by atoms with Gasteiger partial charge in [-0.1, -0.05) is 19.3 Å². The minimum atomic E-state index is -0.479. The van der Waals surface area contributed by atoms with Crippen LogP contribution < -0.4 is 0 Å². The number of rotatable bonds is 4. The van der Waals surface area contributed by atoms with E-state index in [-0.39, 0.29) is 0 Å². The van der Waals surface area contributed by atoms with E-state index in [2.05, 4.69) is 0 Å². The summed E-state index contributed by atoms with van der Waals surface area (Å²) in [5.41, 5.74) is 0. The van der Waals surface area contributed by atoms with Gasteiger partial charge in [-0.3, -0.25) is 0 Å². The lowest BCUT2D eigenvalue weighted by Gasteiger charge is -2.23. The molecule has 1 rings (SSSR count). The quantitative estimate of drug-likeness (QED) is 0.603. The lowest BCUT2D eigenvalue weighted by atomic mass is 9.96. The normalized spacial score (nSPS) is 19.5. The molecule has 0 spiro atoms. The Bertz CT molecular complexity index is 111. The second-order valence-electron chi connectivity index (χ2n) is 3.16. The van der Waals surface area contributed by atoms with Gasteiger partial charge in [0, 0.05) is 20.3 Å². The molecular formula is C8H17BO3. The SMILES string of the molecule is COB(OC)OC1CCCCC1. The molecule has 0 aromatic heterocycles. The minimum absolute atomic E-state index is 0.337. The van der Waals surface area contributed by atoms with Crippen molar-refractivity contribution in [3.63, 3.8) is 0 Å². The molecule has 0 unspecified atom stereocenters. The average molecular weight is 172 g/mol. The van der Waals surface area contributed by atoms with Gasteiger partial charge >= 0.3 is 7.32 Å². The van der Waals surface area contributed by atoms with E-state index in [1.807, 2.05) is 0 Å². The van der Waals surface area contributed by atoms with Crippen LogP contribution in [-0.4, -0.2) is 27.6 Å². The molecule has 0 atom stereocenters. The second-order valence-corrected chi connectivity index (χ2v) is 3.16. The van der Waals surface area contributed by atoms with Crippen LogP contribution in [0.4, 0.5) is 0 Å². The fourth-order valence-corrected chi connectivity index (χ4v) is 1.57. The van der Waals surface area contributed by atoms with Gasteiger partial charge in [-0.15, -0.1) is 0 Å². The Morgan fingerprint density at radius 3 is 2.08 bits per heavy atom. The lowest BCUT2D eigenvalue weighted by molar-refractivity contribution is 0.0654. The summed E-state index contributed by atoms with van der Waals surface area (Å²) < 4.78 is 15.5. The van der Waals surface area contributed by atoms with Gasteiger partial charge in [0.05, 0.1) is 0 Å². The molecular weight excluding hydrogens is 155 g/mol. The van der Waals surface area contributed by atoms with Gasteiger partial charge in [0.25, 0.3) is 0 Å². The van der Waals surface area contributed by atoms with Crippen LogP contribution in [0.1, 0.15) is 32.1 Å². The Morgan fingerprint density at radius 1 is 1.00 bits per heavy atom. The summed E-state index contributed by atoms with van der Waals surface area (Å²) >= 11 is 0. The van der Waals surface area contributed by atoms with Gasteiger partial charge < -0.3 is 14.0 Å². The third-order valence-electron chi connectivity index (χ3n) is 2.24. The first-order valence-electron chi connectivity index (χ1n) is 4.58. The van der Waals surface area contributed by atoms with Crippen molar-refractivity contribution in [2.45, 2.75) is 38.2 Å². The number of hydrogen-bond donors (Lipinski definition) is 0. The fourth-order valence-electron chi connectivity index (χ4n) is 1.57. The predicted octanol–water partition coefficient (Wildman–Crippen LogP) is 1.61. The topological polar surface area (TPSA) is 27.7 Å². The molecule has 0 radical (unpaired) electrons. The smallest absolute Gasteiger partial charge is 0.389 e. The summed E-state index contributed by atoms with van der Waals surface area (Å²) in [5.74, 6) is 0.